The summed E-state index contributed by atoms with van der Waals surface area (Å²) in [6.45, 7) is 4.68. The van der Waals surface area contributed by atoms with Crippen LogP contribution in [-0.2, 0) is 10.6 Å². The molecule has 0 aromatic heterocycles. The van der Waals surface area contributed by atoms with Crippen LogP contribution in [0.15, 0.2) is 12.1 Å². The molecule has 1 aromatic rings. The Kier molecular flexibility index (Phi) is 5.22. The van der Waals surface area contributed by atoms with Crippen LogP contribution in [0.3, 0.4) is 0 Å². The van der Waals surface area contributed by atoms with Gasteiger partial charge in [0.1, 0.15) is 6.61 Å². The third kappa shape index (κ3) is 3.95. The summed E-state index contributed by atoms with van der Waals surface area (Å²) in [5, 5.41) is 0. The van der Waals surface area contributed by atoms with Gasteiger partial charge in [-0.05, 0) is 44.4 Å². The lowest BCUT2D eigenvalue weighted by molar-refractivity contribution is -0.0331. The Bertz CT molecular complexity index is 462. The summed E-state index contributed by atoms with van der Waals surface area (Å²) < 4.78 is 22.6. The number of methoxy groups -OCH3 is 2. The van der Waals surface area contributed by atoms with Crippen LogP contribution in [0.25, 0.3) is 0 Å². The number of benzene rings is 1. The van der Waals surface area contributed by atoms with Crippen LogP contribution < -0.4 is 14.2 Å². The van der Waals surface area contributed by atoms with Gasteiger partial charge in [-0.1, -0.05) is 0 Å². The first kappa shape index (κ1) is 16.2. The zero-order valence-corrected chi connectivity index (χ0v) is 13.8. The van der Waals surface area contributed by atoms with Crippen molar-refractivity contribution in [3.63, 3.8) is 0 Å². The molecule has 0 saturated carbocycles. The molecule has 1 heterocycles. The van der Waals surface area contributed by atoms with Gasteiger partial charge in [0.2, 0.25) is 5.75 Å². The normalized spacial score (nSPS) is 20.3. The van der Waals surface area contributed by atoms with Gasteiger partial charge in [-0.25, -0.2) is 0 Å². The summed E-state index contributed by atoms with van der Waals surface area (Å²) in [7, 11) is 3.21. The number of ether oxygens (including phenoxy) is 4. The van der Waals surface area contributed by atoms with Crippen molar-refractivity contribution < 1.29 is 18.9 Å². The number of halogens is 1. The highest BCUT2D eigenvalue weighted by molar-refractivity contribution is 6.17. The molecule has 1 aromatic carbocycles. The summed E-state index contributed by atoms with van der Waals surface area (Å²) in [5.74, 6) is 2.25. The van der Waals surface area contributed by atoms with E-state index in [-0.39, 0.29) is 11.7 Å². The van der Waals surface area contributed by atoms with Gasteiger partial charge in [0.15, 0.2) is 11.5 Å². The third-order valence-corrected chi connectivity index (χ3v) is 3.95. The first-order valence-electron chi connectivity index (χ1n) is 7.10. The average Bonchev–Trinajstić information content (AvgIpc) is 2.83. The van der Waals surface area contributed by atoms with Crippen molar-refractivity contribution in [2.24, 2.45) is 0 Å². The van der Waals surface area contributed by atoms with E-state index in [1.807, 2.05) is 12.1 Å². The summed E-state index contributed by atoms with van der Waals surface area (Å²) in [6, 6.07) is 3.73. The lowest BCUT2D eigenvalue weighted by Crippen LogP contribution is -2.24. The molecule has 0 N–H and O–H groups in total. The Morgan fingerprint density at radius 3 is 2.29 bits per heavy atom. The topological polar surface area (TPSA) is 36.9 Å². The molecule has 1 aliphatic rings. The number of hydrogen-bond donors (Lipinski definition) is 0. The maximum Gasteiger partial charge on any atom is 0.203 e. The molecule has 4 nitrogen and oxygen atoms in total. The van der Waals surface area contributed by atoms with E-state index in [0.717, 1.165) is 18.4 Å². The maximum atomic E-state index is 5.93. The molecule has 0 radical (unpaired) electrons. The van der Waals surface area contributed by atoms with Crippen molar-refractivity contribution in [2.75, 3.05) is 20.8 Å². The molecule has 5 heteroatoms. The van der Waals surface area contributed by atoms with Gasteiger partial charge in [-0.15, -0.1) is 11.6 Å². The standard InChI is InChI=1S/C16H23ClO4/c1-16(2)6-5-12(21-16)10-20-15-13(18-3)7-11(9-17)8-14(15)19-4/h7-8,12H,5-6,9-10H2,1-4H3. The van der Waals surface area contributed by atoms with E-state index in [2.05, 4.69) is 13.8 Å². The lowest BCUT2D eigenvalue weighted by Gasteiger charge is -2.21. The fourth-order valence-corrected chi connectivity index (χ4v) is 2.68. The van der Waals surface area contributed by atoms with Gasteiger partial charge in [0.25, 0.3) is 0 Å². The van der Waals surface area contributed by atoms with E-state index in [1.165, 1.54) is 0 Å². The van der Waals surface area contributed by atoms with Crippen molar-refractivity contribution in [3.8, 4) is 17.2 Å². The molecule has 0 spiro atoms. The van der Waals surface area contributed by atoms with Gasteiger partial charge in [0.05, 0.1) is 25.9 Å². The van der Waals surface area contributed by atoms with Crippen molar-refractivity contribution in [1.82, 2.24) is 0 Å². The van der Waals surface area contributed by atoms with Crippen LogP contribution in [-0.4, -0.2) is 32.5 Å². The Labute approximate surface area is 131 Å². The number of alkyl halides is 1. The maximum absolute atomic E-state index is 5.93. The molecule has 0 aliphatic carbocycles. The third-order valence-electron chi connectivity index (χ3n) is 3.64. The summed E-state index contributed by atoms with van der Waals surface area (Å²) in [5.41, 5.74) is 0.862. The summed E-state index contributed by atoms with van der Waals surface area (Å²) in [6.07, 6.45) is 2.14. The van der Waals surface area contributed by atoms with E-state index in [0.29, 0.717) is 29.7 Å². The molecule has 1 saturated heterocycles. The highest BCUT2D eigenvalue weighted by Gasteiger charge is 2.32. The Balaban J connectivity index is 2.11. The highest BCUT2D eigenvalue weighted by Crippen LogP contribution is 2.39. The Morgan fingerprint density at radius 1 is 1.24 bits per heavy atom. The molecular weight excluding hydrogens is 292 g/mol. The van der Waals surface area contributed by atoms with E-state index < -0.39 is 0 Å². The lowest BCUT2D eigenvalue weighted by atomic mass is 10.1. The molecule has 1 unspecified atom stereocenters. The summed E-state index contributed by atoms with van der Waals surface area (Å²) >= 11 is 5.88. The smallest absolute Gasteiger partial charge is 0.203 e. The fourth-order valence-electron chi connectivity index (χ4n) is 2.52. The van der Waals surface area contributed by atoms with Gasteiger partial charge in [-0.2, -0.15) is 0 Å². The van der Waals surface area contributed by atoms with Crippen LogP contribution in [0.1, 0.15) is 32.3 Å². The van der Waals surface area contributed by atoms with Gasteiger partial charge in [-0.3, -0.25) is 0 Å². The van der Waals surface area contributed by atoms with Gasteiger partial charge < -0.3 is 18.9 Å². The zero-order chi connectivity index (χ0) is 15.5. The second-order valence-corrected chi connectivity index (χ2v) is 6.08. The molecule has 1 aliphatic heterocycles. The van der Waals surface area contributed by atoms with Gasteiger partial charge >= 0.3 is 0 Å². The monoisotopic (exact) mass is 314 g/mol. The van der Waals surface area contributed by atoms with Crippen molar-refractivity contribution in [3.05, 3.63) is 17.7 Å². The molecular formula is C16H23ClO4. The molecule has 1 fully saturated rings. The second-order valence-electron chi connectivity index (χ2n) is 5.81. The largest absolute Gasteiger partial charge is 0.493 e. The van der Waals surface area contributed by atoms with Crippen LogP contribution in [0.2, 0.25) is 0 Å². The van der Waals surface area contributed by atoms with Crippen molar-refractivity contribution >= 4 is 11.6 Å². The van der Waals surface area contributed by atoms with E-state index in [4.69, 9.17) is 30.5 Å². The summed E-state index contributed by atoms with van der Waals surface area (Å²) in [4.78, 5) is 0. The van der Waals surface area contributed by atoms with E-state index in [1.54, 1.807) is 14.2 Å². The zero-order valence-electron chi connectivity index (χ0n) is 13.1. The van der Waals surface area contributed by atoms with Crippen molar-refractivity contribution in [2.45, 2.75) is 44.3 Å². The number of hydrogen-bond acceptors (Lipinski definition) is 4. The van der Waals surface area contributed by atoms with E-state index >= 15 is 0 Å². The minimum Gasteiger partial charge on any atom is -0.493 e. The first-order valence-corrected chi connectivity index (χ1v) is 7.64. The van der Waals surface area contributed by atoms with Crippen LogP contribution in [0.5, 0.6) is 17.2 Å². The van der Waals surface area contributed by atoms with Crippen LogP contribution in [0.4, 0.5) is 0 Å². The fraction of sp³-hybridized carbons (Fsp3) is 0.625. The molecule has 118 valence electrons. The van der Waals surface area contributed by atoms with Crippen molar-refractivity contribution in [1.29, 1.82) is 0 Å². The average molecular weight is 315 g/mol. The predicted molar refractivity (Wildman–Crippen MR) is 82.8 cm³/mol. The van der Waals surface area contributed by atoms with E-state index in [9.17, 15) is 0 Å². The highest BCUT2D eigenvalue weighted by atomic mass is 35.5. The molecule has 1 atom stereocenters. The quantitative estimate of drug-likeness (QED) is 0.749. The molecule has 2 rings (SSSR count). The predicted octanol–water partition coefficient (Wildman–Crippen LogP) is 3.78. The molecule has 21 heavy (non-hydrogen) atoms. The second kappa shape index (κ2) is 6.75. The van der Waals surface area contributed by atoms with Gasteiger partial charge in [0, 0.05) is 5.88 Å². The Morgan fingerprint density at radius 2 is 1.86 bits per heavy atom. The molecule has 0 bridgehead atoms. The molecule has 0 amide bonds. The minimum absolute atomic E-state index is 0.0648. The Hall–Kier alpha value is -1.13. The van der Waals surface area contributed by atoms with Crippen LogP contribution in [0, 0.1) is 0 Å². The SMILES string of the molecule is COc1cc(CCl)cc(OC)c1OCC1CCC(C)(C)O1. The minimum atomic E-state index is -0.0648. The first-order chi connectivity index (χ1) is 9.99. The van der Waals surface area contributed by atoms with Crippen LogP contribution >= 0.6 is 11.6 Å². The number of rotatable bonds is 6.